The third-order valence-corrected chi connectivity index (χ3v) is 8.09. The largest absolute Gasteiger partial charge is 0.507 e. The fourth-order valence-corrected chi connectivity index (χ4v) is 6.74. The number of carbonyl (C=O) groups excluding carboxylic acids is 1. The van der Waals surface area contributed by atoms with Gasteiger partial charge in [-0.15, -0.1) is 0 Å². The molecule has 3 nitrogen and oxygen atoms in total. The number of piperidine rings is 1. The number of rotatable bonds is 2. The fraction of sp³-hybridized carbons (Fsp3) is 0.667. The number of aromatic hydroxyl groups is 1. The van der Waals surface area contributed by atoms with Gasteiger partial charge in [0.1, 0.15) is 11.5 Å². The van der Waals surface area contributed by atoms with Gasteiger partial charge in [-0.3, -0.25) is 9.69 Å². The van der Waals surface area contributed by atoms with Crippen LogP contribution in [0.1, 0.15) is 55.2 Å². The van der Waals surface area contributed by atoms with Gasteiger partial charge in [0.05, 0.1) is 0 Å². The lowest BCUT2D eigenvalue weighted by Crippen LogP contribution is -2.62. The SMILES string of the molecule is Cc1cc(Br)c2c(c1O)C13CCN(CC4CC4)C(C2)C1CCC(=O)C3. The number of phenolic OH excluding ortho intramolecular Hbond substituents is 1. The van der Waals surface area contributed by atoms with Crippen LogP contribution in [0.5, 0.6) is 5.75 Å². The molecule has 25 heavy (non-hydrogen) atoms. The Labute approximate surface area is 157 Å². The summed E-state index contributed by atoms with van der Waals surface area (Å²) in [7, 11) is 0. The van der Waals surface area contributed by atoms with Crippen LogP contribution in [0.2, 0.25) is 0 Å². The van der Waals surface area contributed by atoms with Crippen LogP contribution in [0, 0.1) is 18.8 Å². The highest BCUT2D eigenvalue weighted by atomic mass is 79.9. The second-order valence-corrected chi connectivity index (χ2v) is 9.71. The Balaban J connectivity index is 1.67. The number of aryl methyl sites for hydroxylation is 1. The highest BCUT2D eigenvalue weighted by molar-refractivity contribution is 9.10. The molecular formula is C21H26BrNO2. The first-order valence-electron chi connectivity index (χ1n) is 9.77. The van der Waals surface area contributed by atoms with Gasteiger partial charge in [0.25, 0.3) is 0 Å². The Morgan fingerprint density at radius 3 is 2.92 bits per heavy atom. The smallest absolute Gasteiger partial charge is 0.133 e. The van der Waals surface area contributed by atoms with Gasteiger partial charge in [-0.25, -0.2) is 0 Å². The number of fused-ring (bicyclic) bond motifs is 1. The molecule has 0 radical (unpaired) electrons. The normalized spacial score (nSPS) is 34.6. The Bertz CT molecular complexity index is 757. The summed E-state index contributed by atoms with van der Waals surface area (Å²) in [5, 5.41) is 11.0. The van der Waals surface area contributed by atoms with Crippen LogP contribution >= 0.6 is 15.9 Å². The fourth-order valence-electron chi connectivity index (χ4n) is 6.04. The summed E-state index contributed by atoms with van der Waals surface area (Å²) in [6, 6.07) is 2.59. The molecule has 1 aromatic rings. The van der Waals surface area contributed by atoms with E-state index in [1.165, 1.54) is 24.9 Å². The van der Waals surface area contributed by atoms with E-state index in [-0.39, 0.29) is 5.41 Å². The van der Waals surface area contributed by atoms with E-state index in [0.717, 1.165) is 53.7 Å². The first-order valence-corrected chi connectivity index (χ1v) is 10.6. The van der Waals surface area contributed by atoms with Crippen molar-refractivity contribution >= 4 is 21.7 Å². The Kier molecular flexibility index (Phi) is 3.63. The zero-order valence-electron chi connectivity index (χ0n) is 14.9. The first kappa shape index (κ1) is 16.3. The van der Waals surface area contributed by atoms with Crippen LogP contribution in [0.4, 0.5) is 0 Å². The van der Waals surface area contributed by atoms with Crippen LogP contribution in [0.3, 0.4) is 0 Å². The van der Waals surface area contributed by atoms with Gasteiger partial charge in [0, 0.05) is 40.9 Å². The number of hydrogen-bond donors (Lipinski definition) is 1. The third kappa shape index (κ3) is 2.36. The van der Waals surface area contributed by atoms with Crippen molar-refractivity contribution in [1.29, 1.82) is 0 Å². The van der Waals surface area contributed by atoms with Gasteiger partial charge in [0.15, 0.2) is 0 Å². The van der Waals surface area contributed by atoms with E-state index >= 15 is 0 Å². The molecule has 1 aromatic carbocycles. The lowest BCUT2D eigenvalue weighted by Gasteiger charge is -2.59. The van der Waals surface area contributed by atoms with Crippen LogP contribution in [-0.2, 0) is 16.6 Å². The molecule has 3 fully saturated rings. The van der Waals surface area contributed by atoms with Gasteiger partial charge in [-0.2, -0.15) is 0 Å². The molecule has 2 bridgehead atoms. The van der Waals surface area contributed by atoms with Crippen molar-refractivity contribution in [3.8, 4) is 5.75 Å². The molecule has 3 aliphatic carbocycles. The van der Waals surface area contributed by atoms with Crippen LogP contribution in [0.25, 0.3) is 0 Å². The van der Waals surface area contributed by atoms with E-state index in [1.807, 2.05) is 6.92 Å². The summed E-state index contributed by atoms with van der Waals surface area (Å²) >= 11 is 3.77. The maximum atomic E-state index is 12.5. The zero-order valence-corrected chi connectivity index (χ0v) is 16.4. The zero-order chi connectivity index (χ0) is 17.3. The van der Waals surface area contributed by atoms with Crippen molar-refractivity contribution in [3.63, 3.8) is 0 Å². The average Bonchev–Trinajstić information content (AvgIpc) is 3.38. The van der Waals surface area contributed by atoms with E-state index in [2.05, 4.69) is 26.9 Å². The topological polar surface area (TPSA) is 40.5 Å². The molecule has 3 atom stereocenters. The highest BCUT2D eigenvalue weighted by Gasteiger charge is 2.57. The molecule has 1 heterocycles. The van der Waals surface area contributed by atoms with E-state index in [1.54, 1.807) is 0 Å². The van der Waals surface area contributed by atoms with Gasteiger partial charge < -0.3 is 5.11 Å². The number of likely N-dealkylation sites (tertiary alicyclic amines) is 1. The van der Waals surface area contributed by atoms with Crippen molar-refractivity contribution in [2.75, 3.05) is 13.1 Å². The molecule has 2 saturated carbocycles. The van der Waals surface area contributed by atoms with Crippen molar-refractivity contribution in [2.24, 2.45) is 11.8 Å². The maximum Gasteiger partial charge on any atom is 0.133 e. The predicted octanol–water partition coefficient (Wildman–Crippen LogP) is 4.11. The third-order valence-electron chi connectivity index (χ3n) is 7.38. The molecule has 0 spiro atoms. The molecule has 4 heteroatoms. The highest BCUT2D eigenvalue weighted by Crippen LogP contribution is 2.59. The number of Topliss-reactive ketones (excluding diaryl/α,β-unsaturated/α-hetero) is 1. The summed E-state index contributed by atoms with van der Waals surface area (Å²) in [5.74, 6) is 2.25. The molecule has 1 aliphatic heterocycles. The average molecular weight is 404 g/mol. The molecule has 3 unspecified atom stereocenters. The first-order chi connectivity index (χ1) is 12.0. The molecule has 0 amide bonds. The van der Waals surface area contributed by atoms with Gasteiger partial charge in [-0.1, -0.05) is 15.9 Å². The summed E-state index contributed by atoms with van der Waals surface area (Å²) in [5.41, 5.74) is 3.17. The van der Waals surface area contributed by atoms with E-state index in [4.69, 9.17) is 0 Å². The quantitative estimate of drug-likeness (QED) is 0.807. The monoisotopic (exact) mass is 403 g/mol. The Hall–Kier alpha value is -0.870. The number of hydrogen-bond acceptors (Lipinski definition) is 3. The maximum absolute atomic E-state index is 12.5. The Morgan fingerprint density at radius 2 is 2.16 bits per heavy atom. The standard InChI is InChI=1S/C21H26BrNO2/c1-12-8-17(22)15-9-18-16-5-4-14(24)10-21(16,19(15)20(12)25)6-7-23(18)11-13-2-3-13/h8,13,16,18,25H,2-7,9-11H2,1H3. The predicted molar refractivity (Wildman–Crippen MR) is 101 cm³/mol. The summed E-state index contributed by atoms with van der Waals surface area (Å²) in [6.07, 6.45) is 7.15. The van der Waals surface area contributed by atoms with Crippen molar-refractivity contribution in [3.05, 3.63) is 27.2 Å². The Morgan fingerprint density at radius 1 is 1.36 bits per heavy atom. The van der Waals surface area contributed by atoms with E-state index < -0.39 is 0 Å². The van der Waals surface area contributed by atoms with Gasteiger partial charge in [-0.05, 0) is 74.6 Å². The summed E-state index contributed by atoms with van der Waals surface area (Å²) in [6.45, 7) is 4.29. The number of carbonyl (C=O) groups is 1. The van der Waals surface area contributed by atoms with Crippen molar-refractivity contribution < 1.29 is 9.90 Å². The minimum atomic E-state index is -0.133. The van der Waals surface area contributed by atoms with Crippen LogP contribution in [-0.4, -0.2) is 34.9 Å². The van der Waals surface area contributed by atoms with Crippen LogP contribution in [0.15, 0.2) is 10.5 Å². The number of ketones is 1. The van der Waals surface area contributed by atoms with Crippen molar-refractivity contribution in [2.45, 2.75) is 63.3 Å². The molecular weight excluding hydrogens is 378 g/mol. The van der Waals surface area contributed by atoms with Crippen LogP contribution < -0.4 is 0 Å². The number of phenols is 1. The van der Waals surface area contributed by atoms with E-state index in [0.29, 0.717) is 29.9 Å². The lowest BCUT2D eigenvalue weighted by molar-refractivity contribution is -0.127. The summed E-state index contributed by atoms with van der Waals surface area (Å²) < 4.78 is 1.12. The molecule has 5 rings (SSSR count). The minimum absolute atomic E-state index is 0.133. The number of halogens is 1. The molecule has 4 aliphatic rings. The molecule has 0 aromatic heterocycles. The van der Waals surface area contributed by atoms with Gasteiger partial charge >= 0.3 is 0 Å². The second kappa shape index (κ2) is 5.56. The van der Waals surface area contributed by atoms with Crippen molar-refractivity contribution in [1.82, 2.24) is 4.90 Å². The molecule has 134 valence electrons. The van der Waals surface area contributed by atoms with E-state index in [9.17, 15) is 9.90 Å². The molecule has 1 N–H and O–H groups in total. The number of nitrogens with zero attached hydrogens (tertiary/aromatic N) is 1. The minimum Gasteiger partial charge on any atom is -0.507 e. The number of benzene rings is 1. The summed E-state index contributed by atoms with van der Waals surface area (Å²) in [4.78, 5) is 15.2. The molecule has 1 saturated heterocycles. The second-order valence-electron chi connectivity index (χ2n) is 8.85. The van der Waals surface area contributed by atoms with Gasteiger partial charge in [0.2, 0.25) is 0 Å². The lowest BCUT2D eigenvalue weighted by atomic mass is 9.51.